The molecule has 3 saturated heterocycles. The van der Waals surface area contributed by atoms with E-state index in [1.54, 1.807) is 65.1 Å². The first-order valence-corrected chi connectivity index (χ1v) is 22.2. The molecule has 13 heteroatoms. The number of ketones is 1. The highest BCUT2D eigenvalue weighted by atomic mass is 16.7. The molecule has 4 aliphatic carbocycles. The van der Waals surface area contributed by atoms with Gasteiger partial charge in [-0.2, -0.15) is 0 Å². The van der Waals surface area contributed by atoms with Crippen molar-refractivity contribution in [2.45, 2.75) is 178 Å². The van der Waals surface area contributed by atoms with Crippen molar-refractivity contribution in [2.24, 2.45) is 34.5 Å². The van der Waals surface area contributed by atoms with E-state index in [4.69, 9.17) is 37.9 Å². The molecule has 4 saturated carbocycles. The number of ether oxygens (including phenoxy) is 8. The van der Waals surface area contributed by atoms with Crippen molar-refractivity contribution in [1.82, 2.24) is 0 Å². The van der Waals surface area contributed by atoms with Crippen molar-refractivity contribution < 1.29 is 62.5 Å². The van der Waals surface area contributed by atoms with Crippen LogP contribution in [-0.4, -0.2) is 121 Å². The number of carbonyl (C=O) groups is 3. The van der Waals surface area contributed by atoms with E-state index in [9.17, 15) is 24.6 Å². The summed E-state index contributed by atoms with van der Waals surface area (Å²) in [4.78, 5) is 41.7. The smallest absolute Gasteiger partial charge is 0.338 e. The van der Waals surface area contributed by atoms with Gasteiger partial charge in [-0.3, -0.25) is 4.79 Å². The predicted octanol–water partition coefficient (Wildman–Crippen LogP) is 5.51. The van der Waals surface area contributed by atoms with Gasteiger partial charge in [-0.05, 0) is 109 Å². The molecule has 60 heavy (non-hydrogen) atoms. The van der Waals surface area contributed by atoms with Crippen molar-refractivity contribution >= 4 is 17.7 Å². The maximum Gasteiger partial charge on any atom is 0.338 e. The Bertz CT molecular complexity index is 1820. The van der Waals surface area contributed by atoms with Gasteiger partial charge in [0.15, 0.2) is 6.29 Å². The molecule has 1 aromatic carbocycles. The minimum absolute atomic E-state index is 0.0213. The molecule has 3 aliphatic heterocycles. The van der Waals surface area contributed by atoms with Gasteiger partial charge < -0.3 is 48.1 Å². The molecule has 7 fully saturated rings. The molecule has 0 radical (unpaired) electrons. The van der Waals surface area contributed by atoms with Crippen LogP contribution in [0.4, 0.5) is 0 Å². The van der Waals surface area contributed by atoms with Gasteiger partial charge in [0.05, 0.1) is 30.0 Å². The average Bonchev–Trinajstić information content (AvgIpc) is 3.78. The number of aliphatic hydroxyl groups excluding tert-OH is 2. The average molecular weight is 839 g/mol. The Hall–Kier alpha value is -2.75. The minimum Gasteiger partial charge on any atom is -0.455 e. The van der Waals surface area contributed by atoms with Crippen molar-refractivity contribution in [2.75, 3.05) is 14.2 Å². The van der Waals surface area contributed by atoms with Gasteiger partial charge in [0.1, 0.15) is 53.6 Å². The quantitative estimate of drug-likeness (QED) is 0.172. The fraction of sp³-hybridized carbons (Fsp3) is 0.766. The second-order valence-corrected chi connectivity index (χ2v) is 19.5. The Morgan fingerprint density at radius 3 is 2.23 bits per heavy atom. The van der Waals surface area contributed by atoms with Gasteiger partial charge in [-0.25, -0.2) is 9.59 Å². The standard InChI is InChI=1S/C47H66O13/c1-10-24(2)41(51)57-38-39-44(6)19-16-29(32-23-33(53-8)36(27(5)55-32)58-43-35(50)37(54-9)34(49)26(4)56-43)22-30(44)17-20-46(39)47(60-46)21-18-31(25(3)48)45(47,7)40(38)59-42(52)28-14-12-11-13-15-28/h10-15,26-27,29-40,43,49-50H,16-23H2,1-9H3/b24-10+/t26-,27-,29+,30?,31-,32-,33-,34-,35-,36-,37-,38+,39-,40-,43+,44+,45+,46+,47-/m1/s1. The number of methoxy groups -OCH3 is 2. The van der Waals surface area contributed by atoms with E-state index in [0.29, 0.717) is 30.4 Å². The lowest BCUT2D eigenvalue weighted by atomic mass is 9.42. The zero-order valence-electron chi connectivity index (χ0n) is 36.7. The fourth-order valence-corrected chi connectivity index (χ4v) is 13.6. The highest BCUT2D eigenvalue weighted by Crippen LogP contribution is 2.82. The van der Waals surface area contributed by atoms with Crippen LogP contribution >= 0.6 is 0 Å². The Kier molecular flexibility index (Phi) is 11.8. The molecule has 0 aromatic heterocycles. The number of aliphatic hydroxyl groups is 2. The second-order valence-electron chi connectivity index (χ2n) is 19.5. The number of benzene rings is 1. The van der Waals surface area contributed by atoms with Crippen molar-refractivity contribution in [3.8, 4) is 0 Å². The van der Waals surface area contributed by atoms with Crippen LogP contribution < -0.4 is 0 Å². The topological polar surface area (TPSA) is 169 Å². The van der Waals surface area contributed by atoms with Crippen LogP contribution in [0.15, 0.2) is 42.0 Å². The molecule has 332 valence electrons. The first-order chi connectivity index (χ1) is 28.5. The molecule has 13 nitrogen and oxygen atoms in total. The predicted molar refractivity (Wildman–Crippen MR) is 216 cm³/mol. The van der Waals surface area contributed by atoms with Crippen LogP contribution in [0.25, 0.3) is 0 Å². The van der Waals surface area contributed by atoms with E-state index >= 15 is 0 Å². The molecule has 1 unspecified atom stereocenters. The van der Waals surface area contributed by atoms with Crippen LogP contribution in [0.3, 0.4) is 0 Å². The molecular formula is C47H66O13. The molecule has 3 heterocycles. The summed E-state index contributed by atoms with van der Waals surface area (Å²) < 4.78 is 51.1. The molecule has 0 amide bonds. The maximum absolute atomic E-state index is 14.1. The van der Waals surface area contributed by atoms with Crippen LogP contribution in [0.5, 0.6) is 0 Å². The molecule has 8 rings (SSSR count). The van der Waals surface area contributed by atoms with Crippen LogP contribution in [0.1, 0.15) is 110 Å². The molecule has 19 atom stereocenters. The monoisotopic (exact) mass is 838 g/mol. The third-order valence-corrected chi connectivity index (χ3v) is 16.8. The summed E-state index contributed by atoms with van der Waals surface area (Å²) in [6.45, 7) is 13.2. The second kappa shape index (κ2) is 16.1. The molecule has 0 bridgehead atoms. The normalized spacial score (nSPS) is 48.5. The summed E-state index contributed by atoms with van der Waals surface area (Å²) in [6.07, 6.45) is -0.101. The van der Waals surface area contributed by atoms with Gasteiger partial charge in [0.25, 0.3) is 0 Å². The Morgan fingerprint density at radius 2 is 1.57 bits per heavy atom. The Morgan fingerprint density at radius 1 is 0.833 bits per heavy atom. The number of epoxide rings is 1. The SMILES string of the molecule is C/C=C(\C)C(=O)O[C@@H]1[C@@H](OC(=O)c2ccccc2)[C@]2(C)[C@@H](C(C)=O)CC[C@@]23O[C@]32CCC3C[C@@H]([C@H]4C[C@@H](OC)[C@H](O[C@@H]5O[C@H](C)[C@@H](O)[C@@H](OC)[C@H]5O)[C@@H](C)O4)CC[C@]3(C)[C@@H]12. The van der Waals surface area contributed by atoms with E-state index < -0.39 is 83.5 Å². The summed E-state index contributed by atoms with van der Waals surface area (Å²) in [5.74, 6) is -1.26. The molecular weight excluding hydrogens is 773 g/mol. The summed E-state index contributed by atoms with van der Waals surface area (Å²) >= 11 is 0. The lowest BCUT2D eigenvalue weighted by Crippen LogP contribution is -2.70. The van der Waals surface area contributed by atoms with E-state index in [1.165, 1.54) is 7.11 Å². The van der Waals surface area contributed by atoms with Crippen molar-refractivity contribution in [3.05, 3.63) is 47.5 Å². The van der Waals surface area contributed by atoms with Gasteiger partial charge in [0, 0.05) is 43.5 Å². The minimum atomic E-state index is -1.20. The van der Waals surface area contributed by atoms with E-state index in [0.717, 1.165) is 32.1 Å². The summed E-state index contributed by atoms with van der Waals surface area (Å²) in [6, 6.07) is 8.86. The Labute approximate surface area is 354 Å². The van der Waals surface area contributed by atoms with Crippen LogP contribution in [0.2, 0.25) is 0 Å². The number of Topliss-reactive ketones (excluding diaryl/α,β-unsaturated/α-hetero) is 1. The number of hydrogen-bond donors (Lipinski definition) is 2. The zero-order chi connectivity index (χ0) is 43.1. The maximum atomic E-state index is 14.1. The van der Waals surface area contributed by atoms with E-state index in [-0.39, 0.29) is 47.3 Å². The first-order valence-electron chi connectivity index (χ1n) is 22.2. The fourth-order valence-electron chi connectivity index (χ4n) is 13.6. The third kappa shape index (κ3) is 6.58. The van der Waals surface area contributed by atoms with Gasteiger partial charge >= 0.3 is 11.9 Å². The number of rotatable bonds is 10. The first kappa shape index (κ1) is 43.9. The summed E-state index contributed by atoms with van der Waals surface area (Å²) in [5.41, 5.74) is -1.78. The van der Waals surface area contributed by atoms with Crippen LogP contribution in [0, 0.1) is 34.5 Å². The van der Waals surface area contributed by atoms with Crippen molar-refractivity contribution in [3.63, 3.8) is 0 Å². The molecule has 1 aromatic rings. The van der Waals surface area contributed by atoms with Crippen LogP contribution in [-0.2, 0) is 47.5 Å². The molecule has 2 N–H and O–H groups in total. The number of carbonyl (C=O) groups excluding carboxylic acids is 3. The van der Waals surface area contributed by atoms with Crippen molar-refractivity contribution in [1.29, 1.82) is 0 Å². The molecule has 7 aliphatic rings. The molecule has 2 spiro atoms. The summed E-state index contributed by atoms with van der Waals surface area (Å²) in [5, 5.41) is 21.5. The Balaban J connectivity index is 1.08. The number of hydrogen-bond acceptors (Lipinski definition) is 13. The lowest BCUT2D eigenvalue weighted by Gasteiger charge is -2.62. The number of esters is 2. The zero-order valence-corrected chi connectivity index (χ0v) is 36.7. The van der Waals surface area contributed by atoms with Gasteiger partial charge in [-0.15, -0.1) is 0 Å². The number of allylic oxidation sites excluding steroid dienone is 1. The van der Waals surface area contributed by atoms with E-state index in [2.05, 4.69) is 6.92 Å². The summed E-state index contributed by atoms with van der Waals surface area (Å²) in [7, 11) is 3.11. The van der Waals surface area contributed by atoms with Gasteiger partial charge in [-0.1, -0.05) is 38.1 Å². The lowest BCUT2D eigenvalue weighted by molar-refractivity contribution is -0.331. The van der Waals surface area contributed by atoms with Gasteiger partial charge in [0.2, 0.25) is 0 Å². The largest absolute Gasteiger partial charge is 0.455 e. The third-order valence-electron chi connectivity index (χ3n) is 16.8. The highest BCUT2D eigenvalue weighted by molar-refractivity contribution is 5.90. The van der Waals surface area contributed by atoms with E-state index in [1.807, 2.05) is 19.9 Å². The number of fused-ring (bicyclic) bond motifs is 2. The highest BCUT2D eigenvalue weighted by Gasteiger charge is 2.91.